The van der Waals surface area contributed by atoms with Gasteiger partial charge in [-0.1, -0.05) is 33.6 Å². The number of hydrogen-bond donors (Lipinski definition) is 3. The summed E-state index contributed by atoms with van der Waals surface area (Å²) in [5, 5.41) is 25.0. The lowest BCUT2D eigenvalue weighted by Gasteiger charge is -2.62. The number of carbonyl (C=O) groups excluding carboxylic acids is 1. The molecule has 5 rings (SSSR count). The Morgan fingerprint density at radius 3 is 2.46 bits per heavy atom. The van der Waals surface area contributed by atoms with E-state index < -0.39 is 0 Å². The first-order valence-electron chi connectivity index (χ1n) is 17.1. The van der Waals surface area contributed by atoms with Crippen molar-refractivity contribution >= 4 is 5.91 Å². The normalized spacial score (nSPS) is 43.3. The third kappa shape index (κ3) is 6.26. The maximum Gasteiger partial charge on any atom is 0.220 e. The summed E-state index contributed by atoms with van der Waals surface area (Å²) in [4.78, 5) is 15.3. The maximum atomic E-state index is 12.7. The molecule has 1 amide bonds. The van der Waals surface area contributed by atoms with E-state index in [0.717, 1.165) is 45.1 Å². The van der Waals surface area contributed by atoms with Crippen LogP contribution < -0.4 is 5.32 Å². The summed E-state index contributed by atoms with van der Waals surface area (Å²) in [5.41, 5.74) is 0.587. The van der Waals surface area contributed by atoms with Crippen molar-refractivity contribution in [2.45, 2.75) is 136 Å². The molecule has 5 aliphatic rings. The fourth-order valence-corrected chi connectivity index (χ4v) is 10.9. The number of nitrogens with one attached hydrogen (secondary N) is 1. The Morgan fingerprint density at radius 2 is 1.67 bits per heavy atom. The molecule has 4 saturated carbocycles. The fourth-order valence-electron chi connectivity index (χ4n) is 10.9. The predicted octanol–water partition coefficient (Wildman–Crippen LogP) is 6.17. The van der Waals surface area contributed by atoms with Gasteiger partial charge in [-0.2, -0.15) is 0 Å². The molecule has 224 valence electrons. The largest absolute Gasteiger partial charge is 0.393 e. The standard InChI is InChI=1S/C34H60N2O3/c1-24(10-13-31(39)35-18-6-4-7-19-36-20-8-5-9-21-36)27-11-12-28-32-29(15-17-34(27,28)3)33(2)16-14-26(37)22-25(33)23-30(32)38/h24-30,32,37-38H,4-23H2,1-3H3,(H,35,39)/t24-,25+,26-,27-,28+,29+,30+,32+,33+,34-/m1/s1. The molecule has 0 aromatic carbocycles. The average molecular weight is 545 g/mol. The third-order valence-electron chi connectivity index (χ3n) is 13.2. The number of likely N-dealkylation sites (tertiary alicyclic amines) is 1. The van der Waals surface area contributed by atoms with Gasteiger partial charge in [0, 0.05) is 13.0 Å². The van der Waals surface area contributed by atoms with E-state index >= 15 is 0 Å². The summed E-state index contributed by atoms with van der Waals surface area (Å²) < 4.78 is 0. The fraction of sp³-hybridized carbons (Fsp3) is 0.971. The molecule has 1 heterocycles. The van der Waals surface area contributed by atoms with Crippen molar-refractivity contribution in [3.05, 3.63) is 0 Å². The summed E-state index contributed by atoms with van der Waals surface area (Å²) in [7, 11) is 0. The van der Waals surface area contributed by atoms with Crippen LogP contribution in [0.15, 0.2) is 0 Å². The van der Waals surface area contributed by atoms with E-state index in [1.165, 1.54) is 77.4 Å². The van der Waals surface area contributed by atoms with Gasteiger partial charge in [-0.05, 0) is 149 Å². The van der Waals surface area contributed by atoms with Crippen molar-refractivity contribution in [1.29, 1.82) is 0 Å². The Labute approximate surface area is 239 Å². The molecule has 1 aliphatic heterocycles. The van der Waals surface area contributed by atoms with Gasteiger partial charge in [0.25, 0.3) is 0 Å². The number of fused-ring (bicyclic) bond motifs is 5. The molecule has 5 nitrogen and oxygen atoms in total. The number of aliphatic hydroxyl groups excluding tert-OH is 2. The zero-order chi connectivity index (χ0) is 27.6. The summed E-state index contributed by atoms with van der Waals surface area (Å²) in [5.74, 6) is 3.58. The third-order valence-corrected chi connectivity index (χ3v) is 13.2. The van der Waals surface area contributed by atoms with Gasteiger partial charge >= 0.3 is 0 Å². The highest BCUT2D eigenvalue weighted by molar-refractivity contribution is 5.75. The van der Waals surface area contributed by atoms with Gasteiger partial charge < -0.3 is 20.4 Å². The van der Waals surface area contributed by atoms with Crippen molar-refractivity contribution in [3.8, 4) is 0 Å². The minimum atomic E-state index is -0.206. The molecule has 39 heavy (non-hydrogen) atoms. The average Bonchev–Trinajstić information content (AvgIpc) is 3.28. The second-order valence-electron chi connectivity index (χ2n) is 15.3. The van der Waals surface area contributed by atoms with E-state index in [-0.39, 0.29) is 18.1 Å². The lowest BCUT2D eigenvalue weighted by molar-refractivity contribution is -0.174. The van der Waals surface area contributed by atoms with Crippen LogP contribution in [0.3, 0.4) is 0 Å². The van der Waals surface area contributed by atoms with Crippen LogP contribution in [0, 0.1) is 46.3 Å². The van der Waals surface area contributed by atoms with Crippen LogP contribution in [-0.2, 0) is 4.79 Å². The summed E-state index contributed by atoms with van der Waals surface area (Å²) >= 11 is 0. The number of unbranched alkanes of at least 4 members (excludes halogenated alkanes) is 2. The highest BCUT2D eigenvalue weighted by Crippen LogP contribution is 2.68. The zero-order valence-corrected chi connectivity index (χ0v) is 25.5. The molecular weight excluding hydrogens is 484 g/mol. The number of amides is 1. The molecule has 0 aromatic heterocycles. The van der Waals surface area contributed by atoms with Gasteiger partial charge in [0.15, 0.2) is 0 Å². The van der Waals surface area contributed by atoms with Gasteiger partial charge in [-0.15, -0.1) is 0 Å². The van der Waals surface area contributed by atoms with Crippen LogP contribution in [0.1, 0.15) is 124 Å². The molecule has 4 aliphatic carbocycles. The molecule has 0 unspecified atom stereocenters. The second-order valence-corrected chi connectivity index (χ2v) is 15.3. The van der Waals surface area contributed by atoms with Gasteiger partial charge in [0.1, 0.15) is 0 Å². The van der Waals surface area contributed by atoms with E-state index in [4.69, 9.17) is 0 Å². The Morgan fingerprint density at radius 1 is 0.923 bits per heavy atom. The van der Waals surface area contributed by atoms with Crippen LogP contribution in [0.4, 0.5) is 0 Å². The molecule has 5 fully saturated rings. The number of carbonyl (C=O) groups is 1. The summed E-state index contributed by atoms with van der Waals surface area (Å²) in [6.45, 7) is 12.1. The van der Waals surface area contributed by atoms with Crippen molar-refractivity contribution in [3.63, 3.8) is 0 Å². The molecule has 0 spiro atoms. The number of piperidine rings is 1. The Hall–Kier alpha value is -0.650. The first-order chi connectivity index (χ1) is 18.7. The summed E-state index contributed by atoms with van der Waals surface area (Å²) in [6.07, 6.45) is 17.8. The van der Waals surface area contributed by atoms with Crippen molar-refractivity contribution in [1.82, 2.24) is 10.2 Å². The van der Waals surface area contributed by atoms with E-state index in [2.05, 4.69) is 31.0 Å². The topological polar surface area (TPSA) is 72.8 Å². The van der Waals surface area contributed by atoms with E-state index in [0.29, 0.717) is 52.8 Å². The molecular formula is C34H60N2O3. The lowest BCUT2D eigenvalue weighted by Crippen LogP contribution is -2.58. The molecule has 10 atom stereocenters. The lowest BCUT2D eigenvalue weighted by atomic mass is 9.43. The number of aliphatic hydroxyl groups is 2. The van der Waals surface area contributed by atoms with Crippen LogP contribution in [-0.4, -0.2) is 59.4 Å². The Balaban J connectivity index is 1.06. The number of rotatable bonds is 10. The van der Waals surface area contributed by atoms with Crippen LogP contribution in [0.25, 0.3) is 0 Å². The van der Waals surface area contributed by atoms with Crippen LogP contribution in [0.5, 0.6) is 0 Å². The molecule has 1 saturated heterocycles. The first kappa shape index (κ1) is 29.8. The number of nitrogens with zero attached hydrogens (tertiary/aromatic N) is 1. The van der Waals surface area contributed by atoms with Crippen molar-refractivity contribution < 1.29 is 15.0 Å². The van der Waals surface area contributed by atoms with Gasteiger partial charge in [0.2, 0.25) is 5.91 Å². The Bertz CT molecular complexity index is 814. The molecule has 5 heteroatoms. The van der Waals surface area contributed by atoms with E-state index in [1.807, 2.05) is 0 Å². The minimum Gasteiger partial charge on any atom is -0.393 e. The summed E-state index contributed by atoms with van der Waals surface area (Å²) in [6, 6.07) is 0. The highest BCUT2D eigenvalue weighted by Gasteiger charge is 2.62. The second kappa shape index (κ2) is 12.7. The van der Waals surface area contributed by atoms with Gasteiger partial charge in [0.05, 0.1) is 12.2 Å². The van der Waals surface area contributed by atoms with E-state index in [1.54, 1.807) is 0 Å². The maximum absolute atomic E-state index is 12.7. The van der Waals surface area contributed by atoms with E-state index in [9.17, 15) is 15.0 Å². The zero-order valence-electron chi connectivity index (χ0n) is 25.5. The van der Waals surface area contributed by atoms with Gasteiger partial charge in [-0.25, -0.2) is 0 Å². The minimum absolute atomic E-state index is 0.168. The predicted molar refractivity (Wildman–Crippen MR) is 158 cm³/mol. The molecule has 0 aromatic rings. The van der Waals surface area contributed by atoms with Crippen LogP contribution in [0.2, 0.25) is 0 Å². The SMILES string of the molecule is C[C@H](CCC(=O)NCCCCCN1CCCCC1)[C@H]1CC[C@H]2[C@@H]3[C@@H](O)C[C@@H]4C[C@H](O)CC[C@]4(C)[C@H]3CC[C@]12C. The molecule has 0 bridgehead atoms. The van der Waals surface area contributed by atoms with Crippen molar-refractivity contribution in [2.24, 2.45) is 46.3 Å². The first-order valence-corrected chi connectivity index (χ1v) is 17.1. The van der Waals surface area contributed by atoms with Crippen molar-refractivity contribution in [2.75, 3.05) is 26.2 Å². The molecule has 3 N–H and O–H groups in total. The monoisotopic (exact) mass is 544 g/mol. The quantitative estimate of drug-likeness (QED) is 0.288. The smallest absolute Gasteiger partial charge is 0.220 e. The molecule has 0 radical (unpaired) electrons. The van der Waals surface area contributed by atoms with Gasteiger partial charge in [-0.3, -0.25) is 4.79 Å². The number of hydrogen-bond acceptors (Lipinski definition) is 4. The highest BCUT2D eigenvalue weighted by atomic mass is 16.3. The van der Waals surface area contributed by atoms with Crippen LogP contribution >= 0.6 is 0 Å². The Kier molecular flexibility index (Phi) is 9.71.